The Morgan fingerprint density at radius 2 is 1.50 bits per heavy atom. The number of carbonyl (C=O) groups excluding carboxylic acids is 3. The molecule has 1 saturated heterocycles. The summed E-state index contributed by atoms with van der Waals surface area (Å²) in [6.07, 6.45) is 17.8. The molecule has 1 aliphatic heterocycles. The Balaban J connectivity index is 2.08. The van der Waals surface area contributed by atoms with Crippen molar-refractivity contribution in [3.8, 4) is 0 Å². The molecule has 2 unspecified atom stereocenters. The summed E-state index contributed by atoms with van der Waals surface area (Å²) in [5, 5.41) is 18.4. The Morgan fingerprint density at radius 3 is 2.06 bits per heavy atom. The fraction of sp³-hybridized carbons (Fsp3) is 0.792. The maximum atomic E-state index is 12.0. The number of aliphatic hydroxyl groups is 2. The molecule has 0 radical (unpaired) electrons. The largest absolute Gasteiger partial charge is 0.442 e. The predicted octanol–water partition coefficient (Wildman–Crippen LogP) is 3.72. The minimum Gasteiger partial charge on any atom is -0.442 e. The average molecular weight is 457 g/mol. The second-order valence-corrected chi connectivity index (χ2v) is 8.22. The first-order chi connectivity index (χ1) is 15.5. The topological polar surface area (TPSA) is 119 Å². The van der Waals surface area contributed by atoms with Crippen LogP contribution in [0.25, 0.3) is 0 Å². The molecule has 0 bridgehead atoms. The van der Waals surface area contributed by atoms with Gasteiger partial charge in [0.05, 0.1) is 6.61 Å². The summed E-state index contributed by atoms with van der Waals surface area (Å²) in [6, 6.07) is 0. The summed E-state index contributed by atoms with van der Waals surface area (Å²) in [7, 11) is 0. The summed E-state index contributed by atoms with van der Waals surface area (Å²) in [5.74, 6) is -5.53. The van der Waals surface area contributed by atoms with Crippen LogP contribution >= 0.6 is 0 Å². The monoisotopic (exact) mass is 456 g/mol. The van der Waals surface area contributed by atoms with Crippen LogP contribution in [-0.4, -0.2) is 53.2 Å². The molecule has 0 spiro atoms. The summed E-state index contributed by atoms with van der Waals surface area (Å²) < 4.78 is 14.4. The van der Waals surface area contributed by atoms with E-state index in [2.05, 4.69) is 23.8 Å². The van der Waals surface area contributed by atoms with Crippen molar-refractivity contribution in [1.29, 1.82) is 0 Å². The quantitative estimate of drug-likeness (QED) is 0.182. The molecule has 0 aliphatic carbocycles. The van der Waals surface area contributed by atoms with Crippen molar-refractivity contribution in [1.82, 2.24) is 0 Å². The molecule has 2 atom stereocenters. The SMILES string of the molecule is CCCCCCCC/C=C\CCCCCCCC(=O)OC1(CO)OC(=O)C(CO)OC1=O. The van der Waals surface area contributed by atoms with Crippen LogP contribution in [0.3, 0.4) is 0 Å². The van der Waals surface area contributed by atoms with E-state index in [1.807, 2.05) is 0 Å². The number of rotatable bonds is 18. The minimum atomic E-state index is -2.48. The molecule has 32 heavy (non-hydrogen) atoms. The van der Waals surface area contributed by atoms with Crippen molar-refractivity contribution in [2.45, 2.75) is 109 Å². The van der Waals surface area contributed by atoms with Gasteiger partial charge >= 0.3 is 23.7 Å². The molecule has 1 rings (SSSR count). The van der Waals surface area contributed by atoms with Crippen LogP contribution < -0.4 is 0 Å². The maximum Gasteiger partial charge on any atom is 0.396 e. The van der Waals surface area contributed by atoms with Gasteiger partial charge in [-0.05, 0) is 32.1 Å². The van der Waals surface area contributed by atoms with Crippen molar-refractivity contribution >= 4 is 17.9 Å². The third-order valence-corrected chi connectivity index (χ3v) is 5.38. The number of carbonyl (C=O) groups is 3. The normalized spacial score (nSPS) is 20.9. The van der Waals surface area contributed by atoms with Crippen LogP contribution in [0.15, 0.2) is 12.2 Å². The van der Waals surface area contributed by atoms with Crippen molar-refractivity contribution < 1.29 is 38.8 Å². The van der Waals surface area contributed by atoms with Crippen LogP contribution in [0.5, 0.6) is 0 Å². The summed E-state index contributed by atoms with van der Waals surface area (Å²) >= 11 is 0. The molecule has 0 saturated carbocycles. The maximum absolute atomic E-state index is 12.0. The zero-order chi connectivity index (χ0) is 23.7. The molecular formula is C24H40O8. The molecule has 8 nitrogen and oxygen atoms in total. The number of aliphatic hydroxyl groups excluding tert-OH is 2. The van der Waals surface area contributed by atoms with Crippen LogP contribution in [0.4, 0.5) is 0 Å². The van der Waals surface area contributed by atoms with Crippen LogP contribution in [0, 0.1) is 0 Å². The van der Waals surface area contributed by atoms with Gasteiger partial charge in [0.2, 0.25) is 6.10 Å². The Hall–Kier alpha value is -1.93. The average Bonchev–Trinajstić information content (AvgIpc) is 2.78. The molecule has 0 aromatic rings. The Bertz CT molecular complexity index is 589. The molecule has 0 aromatic carbocycles. The smallest absolute Gasteiger partial charge is 0.396 e. The second-order valence-electron chi connectivity index (χ2n) is 8.22. The van der Waals surface area contributed by atoms with Gasteiger partial charge in [-0.15, -0.1) is 0 Å². The Labute approximate surface area is 191 Å². The molecule has 0 amide bonds. The first-order valence-corrected chi connectivity index (χ1v) is 12.0. The van der Waals surface area contributed by atoms with Gasteiger partial charge in [-0.1, -0.05) is 70.4 Å². The molecule has 2 N–H and O–H groups in total. The van der Waals surface area contributed by atoms with Crippen molar-refractivity contribution in [3.63, 3.8) is 0 Å². The van der Waals surface area contributed by atoms with Gasteiger partial charge in [-0.25, -0.2) is 9.59 Å². The fourth-order valence-electron chi connectivity index (χ4n) is 3.42. The van der Waals surface area contributed by atoms with E-state index >= 15 is 0 Å². The highest BCUT2D eigenvalue weighted by Gasteiger charge is 2.54. The van der Waals surface area contributed by atoms with Crippen LogP contribution in [0.1, 0.15) is 96.8 Å². The van der Waals surface area contributed by atoms with E-state index in [-0.39, 0.29) is 6.42 Å². The third-order valence-electron chi connectivity index (χ3n) is 5.38. The predicted molar refractivity (Wildman–Crippen MR) is 118 cm³/mol. The molecule has 8 heteroatoms. The van der Waals surface area contributed by atoms with E-state index < -0.39 is 43.0 Å². The van der Waals surface area contributed by atoms with Crippen molar-refractivity contribution in [3.05, 3.63) is 12.2 Å². The van der Waals surface area contributed by atoms with E-state index in [1.165, 1.54) is 38.5 Å². The number of hydrogen-bond acceptors (Lipinski definition) is 8. The zero-order valence-corrected chi connectivity index (χ0v) is 19.4. The number of ether oxygens (including phenoxy) is 3. The standard InChI is InChI=1S/C24H40O8/c1-2-3-4-5-6-7-8-9-10-11-12-13-14-15-16-17-21(27)31-24(19-26)23(29)30-20(18-25)22(28)32-24/h9-10,20,25-26H,2-8,11-19H2,1H3/b10-9-. The first-order valence-electron chi connectivity index (χ1n) is 12.0. The summed E-state index contributed by atoms with van der Waals surface area (Å²) in [4.78, 5) is 35.6. The van der Waals surface area contributed by atoms with Gasteiger partial charge in [0.1, 0.15) is 6.61 Å². The van der Waals surface area contributed by atoms with Gasteiger partial charge in [-0.2, -0.15) is 0 Å². The lowest BCUT2D eigenvalue weighted by Gasteiger charge is -2.34. The molecule has 184 valence electrons. The number of esters is 3. The van der Waals surface area contributed by atoms with Crippen LogP contribution in [0.2, 0.25) is 0 Å². The lowest BCUT2D eigenvalue weighted by Crippen LogP contribution is -2.59. The Morgan fingerprint density at radius 1 is 0.938 bits per heavy atom. The molecule has 1 fully saturated rings. The highest BCUT2D eigenvalue weighted by atomic mass is 16.8. The lowest BCUT2D eigenvalue weighted by molar-refractivity contribution is -0.271. The molecule has 1 aliphatic rings. The van der Waals surface area contributed by atoms with E-state index in [1.54, 1.807) is 0 Å². The van der Waals surface area contributed by atoms with Crippen LogP contribution in [-0.2, 0) is 28.6 Å². The Kier molecular flexibility index (Phi) is 14.6. The molecule has 0 aromatic heterocycles. The highest BCUT2D eigenvalue weighted by molar-refractivity contribution is 5.91. The van der Waals surface area contributed by atoms with Crippen molar-refractivity contribution in [2.75, 3.05) is 13.2 Å². The molecule has 1 heterocycles. The van der Waals surface area contributed by atoms with E-state index in [0.29, 0.717) is 6.42 Å². The number of hydrogen-bond donors (Lipinski definition) is 2. The number of allylic oxidation sites excluding steroid dienone is 2. The minimum absolute atomic E-state index is 0.0359. The van der Waals surface area contributed by atoms with Gasteiger partial charge in [0, 0.05) is 6.42 Å². The lowest BCUT2D eigenvalue weighted by atomic mass is 10.1. The van der Waals surface area contributed by atoms with E-state index in [9.17, 15) is 19.5 Å². The second kappa shape index (κ2) is 16.7. The van der Waals surface area contributed by atoms with E-state index in [0.717, 1.165) is 38.5 Å². The fourth-order valence-corrected chi connectivity index (χ4v) is 3.42. The van der Waals surface area contributed by atoms with Gasteiger partial charge in [-0.3, -0.25) is 4.79 Å². The van der Waals surface area contributed by atoms with Crippen molar-refractivity contribution in [2.24, 2.45) is 0 Å². The van der Waals surface area contributed by atoms with Gasteiger partial charge < -0.3 is 24.4 Å². The number of cyclic esters (lactones) is 2. The summed E-state index contributed by atoms with van der Waals surface area (Å²) in [5.41, 5.74) is 0. The third kappa shape index (κ3) is 10.6. The molecular weight excluding hydrogens is 416 g/mol. The van der Waals surface area contributed by atoms with E-state index in [4.69, 9.17) is 14.6 Å². The zero-order valence-electron chi connectivity index (χ0n) is 19.4. The van der Waals surface area contributed by atoms with Gasteiger partial charge in [0.25, 0.3) is 0 Å². The highest BCUT2D eigenvalue weighted by Crippen LogP contribution is 2.24. The van der Waals surface area contributed by atoms with Gasteiger partial charge in [0.15, 0.2) is 0 Å². The number of unbranched alkanes of at least 4 members (excludes halogenated alkanes) is 11. The summed E-state index contributed by atoms with van der Waals surface area (Å²) in [6.45, 7) is 0.429. The first kappa shape index (κ1) is 28.1.